The van der Waals surface area contributed by atoms with Crippen LogP contribution in [-0.4, -0.2) is 43.4 Å². The monoisotopic (exact) mass is 232 g/mol. The van der Waals surface area contributed by atoms with E-state index in [-0.39, 0.29) is 17.0 Å². The SMILES string of the molecule is CC(C(=O)NCC1COCCO1)C(N)=S. The summed E-state index contributed by atoms with van der Waals surface area (Å²) >= 11 is 4.73. The first kappa shape index (κ1) is 12.4. The Morgan fingerprint density at radius 1 is 1.67 bits per heavy atom. The normalized spacial score (nSPS) is 23.1. The van der Waals surface area contributed by atoms with E-state index >= 15 is 0 Å². The number of hydrogen-bond acceptors (Lipinski definition) is 4. The first-order valence-electron chi connectivity index (χ1n) is 4.87. The van der Waals surface area contributed by atoms with E-state index in [1.54, 1.807) is 6.92 Å². The van der Waals surface area contributed by atoms with Crippen LogP contribution in [0.5, 0.6) is 0 Å². The summed E-state index contributed by atoms with van der Waals surface area (Å²) < 4.78 is 10.6. The van der Waals surface area contributed by atoms with Crippen LogP contribution in [0.25, 0.3) is 0 Å². The van der Waals surface area contributed by atoms with Gasteiger partial charge in [-0.05, 0) is 6.92 Å². The van der Waals surface area contributed by atoms with Gasteiger partial charge in [-0.1, -0.05) is 12.2 Å². The van der Waals surface area contributed by atoms with Gasteiger partial charge in [-0.15, -0.1) is 0 Å². The van der Waals surface area contributed by atoms with Crippen molar-refractivity contribution in [2.75, 3.05) is 26.4 Å². The van der Waals surface area contributed by atoms with E-state index in [2.05, 4.69) is 5.32 Å². The maximum atomic E-state index is 11.5. The fourth-order valence-electron chi connectivity index (χ4n) is 1.15. The summed E-state index contributed by atoms with van der Waals surface area (Å²) in [5.41, 5.74) is 5.36. The van der Waals surface area contributed by atoms with E-state index in [1.165, 1.54) is 0 Å². The third-order valence-corrected chi connectivity index (χ3v) is 2.56. The molecule has 0 spiro atoms. The molecule has 1 heterocycles. The quantitative estimate of drug-likeness (QED) is 0.636. The number of hydrogen-bond donors (Lipinski definition) is 2. The summed E-state index contributed by atoms with van der Waals surface area (Å²) in [6.07, 6.45) is -0.0683. The van der Waals surface area contributed by atoms with Crippen LogP contribution in [0.2, 0.25) is 0 Å². The summed E-state index contributed by atoms with van der Waals surface area (Å²) in [6.45, 7) is 3.82. The van der Waals surface area contributed by atoms with Crippen molar-refractivity contribution in [3.8, 4) is 0 Å². The molecule has 0 aliphatic carbocycles. The zero-order valence-corrected chi connectivity index (χ0v) is 9.51. The van der Waals surface area contributed by atoms with Gasteiger partial charge in [0.2, 0.25) is 5.91 Å². The molecular weight excluding hydrogens is 216 g/mol. The van der Waals surface area contributed by atoms with Gasteiger partial charge in [0, 0.05) is 6.54 Å². The summed E-state index contributed by atoms with van der Waals surface area (Å²) in [4.78, 5) is 11.7. The van der Waals surface area contributed by atoms with E-state index < -0.39 is 5.92 Å². The van der Waals surface area contributed by atoms with E-state index in [0.717, 1.165) is 0 Å². The lowest BCUT2D eigenvalue weighted by Gasteiger charge is -2.23. The molecule has 0 aromatic rings. The van der Waals surface area contributed by atoms with Gasteiger partial charge in [0.1, 0.15) is 0 Å². The maximum absolute atomic E-state index is 11.5. The molecule has 1 amide bonds. The lowest BCUT2D eigenvalue weighted by molar-refractivity contribution is -0.125. The molecule has 3 N–H and O–H groups in total. The second-order valence-electron chi connectivity index (χ2n) is 3.44. The Kier molecular flexibility index (Phi) is 4.93. The first-order chi connectivity index (χ1) is 7.11. The van der Waals surface area contributed by atoms with E-state index in [9.17, 15) is 4.79 Å². The van der Waals surface area contributed by atoms with Crippen LogP contribution in [0.3, 0.4) is 0 Å². The summed E-state index contributed by atoms with van der Waals surface area (Å²) in [7, 11) is 0. The van der Waals surface area contributed by atoms with Gasteiger partial charge >= 0.3 is 0 Å². The highest BCUT2D eigenvalue weighted by Crippen LogP contribution is 2.00. The van der Waals surface area contributed by atoms with Crippen molar-refractivity contribution < 1.29 is 14.3 Å². The van der Waals surface area contributed by atoms with Crippen LogP contribution < -0.4 is 11.1 Å². The van der Waals surface area contributed by atoms with Crippen LogP contribution in [0, 0.1) is 5.92 Å². The second kappa shape index (κ2) is 5.99. The molecule has 5 nitrogen and oxygen atoms in total. The van der Waals surface area contributed by atoms with Crippen molar-refractivity contribution in [1.29, 1.82) is 0 Å². The van der Waals surface area contributed by atoms with Crippen molar-refractivity contribution in [3.63, 3.8) is 0 Å². The second-order valence-corrected chi connectivity index (χ2v) is 3.91. The van der Waals surface area contributed by atoms with Crippen molar-refractivity contribution in [3.05, 3.63) is 0 Å². The Bertz CT molecular complexity index is 242. The predicted molar refractivity (Wildman–Crippen MR) is 59.5 cm³/mol. The topological polar surface area (TPSA) is 73.6 Å². The summed E-state index contributed by atoms with van der Waals surface area (Å²) in [5.74, 6) is -0.610. The number of nitrogens with one attached hydrogen (secondary N) is 1. The third kappa shape index (κ3) is 4.11. The Balaban J connectivity index is 2.23. The average molecular weight is 232 g/mol. The van der Waals surface area contributed by atoms with E-state index in [0.29, 0.717) is 26.4 Å². The molecule has 15 heavy (non-hydrogen) atoms. The predicted octanol–water partition coefficient (Wildman–Crippen LogP) is -0.560. The van der Waals surface area contributed by atoms with Crippen LogP contribution >= 0.6 is 12.2 Å². The highest BCUT2D eigenvalue weighted by molar-refractivity contribution is 7.80. The first-order valence-corrected chi connectivity index (χ1v) is 5.28. The van der Waals surface area contributed by atoms with Crippen molar-refractivity contribution in [2.45, 2.75) is 13.0 Å². The van der Waals surface area contributed by atoms with Crippen molar-refractivity contribution >= 4 is 23.1 Å². The number of rotatable bonds is 4. The fraction of sp³-hybridized carbons (Fsp3) is 0.778. The van der Waals surface area contributed by atoms with E-state index in [1.807, 2.05) is 0 Å². The van der Waals surface area contributed by atoms with Crippen molar-refractivity contribution in [2.24, 2.45) is 11.7 Å². The standard InChI is InChI=1S/C9H16N2O3S/c1-6(8(10)15)9(12)11-4-7-5-13-2-3-14-7/h6-7H,2-5H2,1H3,(H2,10,15)(H,11,12). The number of carbonyl (C=O) groups excluding carboxylic acids is 1. The summed E-state index contributed by atoms with van der Waals surface area (Å²) in [5, 5.41) is 2.72. The zero-order valence-electron chi connectivity index (χ0n) is 8.69. The lowest BCUT2D eigenvalue weighted by atomic mass is 10.1. The Labute approximate surface area is 94.3 Å². The Morgan fingerprint density at radius 2 is 2.40 bits per heavy atom. The molecule has 0 aromatic heterocycles. The maximum Gasteiger partial charge on any atom is 0.229 e. The third-order valence-electron chi connectivity index (χ3n) is 2.21. The minimum atomic E-state index is -0.440. The molecule has 1 aliphatic heterocycles. The van der Waals surface area contributed by atoms with E-state index in [4.69, 9.17) is 27.4 Å². The van der Waals surface area contributed by atoms with Crippen molar-refractivity contribution in [1.82, 2.24) is 5.32 Å². The van der Waals surface area contributed by atoms with Gasteiger partial charge in [-0.3, -0.25) is 4.79 Å². The molecule has 1 fully saturated rings. The fourth-order valence-corrected chi connectivity index (χ4v) is 1.26. The minimum absolute atomic E-state index is 0.0683. The number of nitrogens with two attached hydrogens (primary N) is 1. The highest BCUT2D eigenvalue weighted by atomic mass is 32.1. The molecule has 2 unspecified atom stereocenters. The largest absolute Gasteiger partial charge is 0.393 e. The summed E-state index contributed by atoms with van der Waals surface area (Å²) in [6, 6.07) is 0. The molecule has 0 bridgehead atoms. The average Bonchev–Trinajstić information content (AvgIpc) is 2.26. The number of thiocarbonyl (C=S) groups is 1. The minimum Gasteiger partial charge on any atom is -0.393 e. The van der Waals surface area contributed by atoms with Gasteiger partial charge < -0.3 is 20.5 Å². The molecule has 86 valence electrons. The molecule has 2 atom stereocenters. The molecule has 1 aliphatic rings. The van der Waals surface area contributed by atoms with Crippen LogP contribution in [0.4, 0.5) is 0 Å². The lowest BCUT2D eigenvalue weighted by Crippen LogP contribution is -2.43. The van der Waals surface area contributed by atoms with Crippen LogP contribution in [0.1, 0.15) is 6.92 Å². The molecule has 6 heteroatoms. The van der Waals surface area contributed by atoms with Gasteiger partial charge in [-0.2, -0.15) is 0 Å². The Morgan fingerprint density at radius 3 is 2.93 bits per heavy atom. The van der Waals surface area contributed by atoms with Crippen LogP contribution in [-0.2, 0) is 14.3 Å². The zero-order chi connectivity index (χ0) is 11.3. The van der Waals surface area contributed by atoms with Gasteiger partial charge in [0.25, 0.3) is 0 Å². The number of ether oxygens (including phenoxy) is 2. The molecule has 1 rings (SSSR count). The molecule has 1 saturated heterocycles. The van der Waals surface area contributed by atoms with Crippen LogP contribution in [0.15, 0.2) is 0 Å². The smallest absolute Gasteiger partial charge is 0.229 e. The number of amides is 1. The Hall–Kier alpha value is -0.720. The van der Waals surface area contributed by atoms with Gasteiger partial charge in [0.05, 0.1) is 36.8 Å². The van der Waals surface area contributed by atoms with Gasteiger partial charge in [0.15, 0.2) is 0 Å². The highest BCUT2D eigenvalue weighted by Gasteiger charge is 2.19. The molecule has 0 radical (unpaired) electrons. The number of carbonyl (C=O) groups is 1. The molecule has 0 saturated carbocycles. The molecular formula is C9H16N2O3S. The van der Waals surface area contributed by atoms with Gasteiger partial charge in [-0.25, -0.2) is 0 Å². The molecule has 0 aromatic carbocycles.